The van der Waals surface area contributed by atoms with Crippen molar-refractivity contribution in [2.45, 2.75) is 30.3 Å². The van der Waals surface area contributed by atoms with E-state index in [1.54, 1.807) is 4.90 Å². The van der Waals surface area contributed by atoms with Crippen molar-refractivity contribution in [3.8, 4) is 0 Å². The van der Waals surface area contributed by atoms with Crippen molar-refractivity contribution in [2.75, 3.05) is 26.2 Å². The normalized spacial score (nSPS) is 17.0. The predicted molar refractivity (Wildman–Crippen MR) is 106 cm³/mol. The Kier molecular flexibility index (Phi) is 6.52. The molecule has 1 fully saturated rings. The molecule has 5 nitrogen and oxygen atoms in total. The van der Waals surface area contributed by atoms with Crippen molar-refractivity contribution in [3.05, 3.63) is 65.7 Å². The number of hydrogen-bond acceptors (Lipinski definition) is 3. The second-order valence-electron chi connectivity index (χ2n) is 7.29. The van der Waals surface area contributed by atoms with Crippen LogP contribution in [0.15, 0.2) is 59.5 Å². The fraction of sp³-hybridized carbons (Fsp3) is 0.381. The Morgan fingerprint density at radius 2 is 1.53 bits per heavy atom. The zero-order valence-corrected chi connectivity index (χ0v) is 17.3. The van der Waals surface area contributed by atoms with Crippen LogP contribution >= 0.6 is 0 Å². The summed E-state index contributed by atoms with van der Waals surface area (Å²) in [7, 11) is -4.32. The molecule has 0 aliphatic carbocycles. The highest BCUT2D eigenvalue weighted by atomic mass is 32.2. The molecular formula is C21H23F3N2O3S. The van der Waals surface area contributed by atoms with Crippen molar-refractivity contribution < 1.29 is 26.4 Å². The van der Waals surface area contributed by atoms with E-state index >= 15 is 0 Å². The van der Waals surface area contributed by atoms with Gasteiger partial charge < -0.3 is 4.90 Å². The molecule has 9 heteroatoms. The largest absolute Gasteiger partial charge is 0.417 e. The Bertz CT molecular complexity index is 986. The molecule has 1 heterocycles. The maximum atomic E-state index is 13.2. The van der Waals surface area contributed by atoms with Gasteiger partial charge in [-0.3, -0.25) is 4.79 Å². The molecule has 1 aliphatic heterocycles. The zero-order chi connectivity index (χ0) is 21.9. The van der Waals surface area contributed by atoms with Crippen LogP contribution in [-0.2, 0) is 21.0 Å². The summed E-state index contributed by atoms with van der Waals surface area (Å²) in [6, 6.07) is 13.8. The second-order valence-corrected chi connectivity index (χ2v) is 9.20. The molecule has 0 radical (unpaired) electrons. The van der Waals surface area contributed by atoms with E-state index in [4.69, 9.17) is 0 Å². The van der Waals surface area contributed by atoms with Gasteiger partial charge in [-0.2, -0.15) is 17.5 Å². The first-order valence-electron chi connectivity index (χ1n) is 9.60. The molecule has 0 saturated carbocycles. The van der Waals surface area contributed by atoms with Gasteiger partial charge in [0, 0.05) is 32.6 Å². The van der Waals surface area contributed by atoms with Crippen molar-refractivity contribution in [3.63, 3.8) is 0 Å². The standard InChI is InChI=1S/C21H23F3N2O3S/c1-16(17-7-3-2-4-8-17)15-20(27)25-11-13-26(14-12-25)30(28,29)19-10-6-5-9-18(19)21(22,23)24/h2-10,16H,11-15H2,1H3. The molecule has 1 unspecified atom stereocenters. The average Bonchev–Trinajstić information content (AvgIpc) is 2.74. The van der Waals surface area contributed by atoms with Gasteiger partial charge in [0.15, 0.2) is 0 Å². The van der Waals surface area contributed by atoms with Gasteiger partial charge in [-0.25, -0.2) is 8.42 Å². The number of carbonyl (C=O) groups excluding carboxylic acids is 1. The number of rotatable bonds is 5. The summed E-state index contributed by atoms with van der Waals surface area (Å²) < 4.78 is 66.4. The topological polar surface area (TPSA) is 57.7 Å². The van der Waals surface area contributed by atoms with E-state index in [2.05, 4.69) is 0 Å². The van der Waals surface area contributed by atoms with E-state index in [0.717, 1.165) is 28.1 Å². The van der Waals surface area contributed by atoms with Crippen LogP contribution in [0.1, 0.15) is 30.4 Å². The lowest BCUT2D eigenvalue weighted by atomic mass is 9.97. The summed E-state index contributed by atoms with van der Waals surface area (Å²) in [5.41, 5.74) is -0.143. The number of amides is 1. The Morgan fingerprint density at radius 3 is 2.13 bits per heavy atom. The van der Waals surface area contributed by atoms with Crippen LogP contribution in [0, 0.1) is 0 Å². The maximum absolute atomic E-state index is 13.2. The fourth-order valence-electron chi connectivity index (χ4n) is 3.53. The maximum Gasteiger partial charge on any atom is 0.417 e. The van der Waals surface area contributed by atoms with Crippen molar-refractivity contribution in [1.82, 2.24) is 9.21 Å². The molecule has 0 N–H and O–H groups in total. The number of halogens is 3. The quantitative estimate of drug-likeness (QED) is 0.712. The smallest absolute Gasteiger partial charge is 0.340 e. The second kappa shape index (κ2) is 8.77. The van der Waals surface area contributed by atoms with E-state index in [0.29, 0.717) is 0 Å². The minimum atomic E-state index is -4.77. The Balaban J connectivity index is 1.66. The third-order valence-electron chi connectivity index (χ3n) is 5.25. The monoisotopic (exact) mass is 440 g/mol. The van der Waals surface area contributed by atoms with Crippen LogP contribution in [0.3, 0.4) is 0 Å². The summed E-state index contributed by atoms with van der Waals surface area (Å²) >= 11 is 0. The number of nitrogens with zero attached hydrogens (tertiary/aromatic N) is 2. The molecule has 0 aromatic heterocycles. The Hall–Kier alpha value is -2.39. The molecule has 1 amide bonds. The summed E-state index contributed by atoms with van der Waals surface area (Å²) in [6.07, 6.45) is -4.48. The number of carbonyl (C=O) groups is 1. The van der Waals surface area contributed by atoms with Crippen molar-refractivity contribution in [1.29, 1.82) is 0 Å². The lowest BCUT2D eigenvalue weighted by molar-refractivity contribution is -0.139. The summed E-state index contributed by atoms with van der Waals surface area (Å²) in [6.45, 7) is 2.16. The minimum Gasteiger partial charge on any atom is -0.340 e. The number of benzene rings is 2. The molecule has 0 bridgehead atoms. The van der Waals surface area contributed by atoms with Crippen molar-refractivity contribution in [2.24, 2.45) is 0 Å². The summed E-state index contributed by atoms with van der Waals surface area (Å²) in [5, 5.41) is 0. The Labute approximate surface area is 174 Å². The highest BCUT2D eigenvalue weighted by molar-refractivity contribution is 7.89. The van der Waals surface area contributed by atoms with Crippen LogP contribution in [-0.4, -0.2) is 49.7 Å². The molecule has 2 aromatic carbocycles. The SMILES string of the molecule is CC(CC(=O)N1CCN(S(=O)(=O)c2ccccc2C(F)(F)F)CC1)c1ccccc1. The van der Waals surface area contributed by atoms with E-state index < -0.39 is 26.7 Å². The van der Waals surface area contributed by atoms with Crippen LogP contribution in [0.4, 0.5) is 13.2 Å². The van der Waals surface area contributed by atoms with Gasteiger partial charge >= 0.3 is 6.18 Å². The zero-order valence-electron chi connectivity index (χ0n) is 16.5. The minimum absolute atomic E-state index is 0.0131. The third kappa shape index (κ3) is 4.84. The van der Waals surface area contributed by atoms with E-state index in [-0.39, 0.29) is 44.4 Å². The molecule has 1 saturated heterocycles. The summed E-state index contributed by atoms with van der Waals surface area (Å²) in [5.74, 6) is -0.0850. The summed E-state index contributed by atoms with van der Waals surface area (Å²) in [4.78, 5) is 13.4. The molecule has 1 aliphatic rings. The number of hydrogen-bond donors (Lipinski definition) is 0. The molecule has 1 atom stereocenters. The molecule has 3 rings (SSSR count). The third-order valence-corrected chi connectivity index (χ3v) is 7.21. The van der Waals surface area contributed by atoms with Gasteiger partial charge in [0.2, 0.25) is 15.9 Å². The van der Waals surface area contributed by atoms with E-state index in [9.17, 15) is 26.4 Å². The highest BCUT2D eigenvalue weighted by Crippen LogP contribution is 2.35. The van der Waals surface area contributed by atoms with Crippen molar-refractivity contribution >= 4 is 15.9 Å². The highest BCUT2D eigenvalue weighted by Gasteiger charge is 2.39. The van der Waals surface area contributed by atoms with Crippen LogP contribution in [0.5, 0.6) is 0 Å². The Morgan fingerprint density at radius 1 is 0.967 bits per heavy atom. The molecule has 2 aromatic rings. The number of sulfonamides is 1. The fourth-order valence-corrected chi connectivity index (χ4v) is 5.17. The first kappa shape index (κ1) is 22.3. The predicted octanol–water partition coefficient (Wildman–Crippen LogP) is 3.73. The number of piperazine rings is 1. The first-order valence-corrected chi connectivity index (χ1v) is 11.0. The number of alkyl halides is 3. The molecule has 0 spiro atoms. The molecule has 162 valence electrons. The van der Waals surface area contributed by atoms with Crippen LogP contribution < -0.4 is 0 Å². The van der Waals surface area contributed by atoms with Gasteiger partial charge in [0.25, 0.3) is 0 Å². The van der Waals surface area contributed by atoms with Gasteiger partial charge in [-0.05, 0) is 23.6 Å². The van der Waals surface area contributed by atoms with E-state index in [1.165, 1.54) is 6.07 Å². The van der Waals surface area contributed by atoms with Gasteiger partial charge in [-0.15, -0.1) is 0 Å². The molecular weight excluding hydrogens is 417 g/mol. The van der Waals surface area contributed by atoms with Crippen LogP contribution in [0.2, 0.25) is 0 Å². The average molecular weight is 440 g/mol. The van der Waals surface area contributed by atoms with Gasteiger partial charge in [0.05, 0.1) is 10.5 Å². The lowest BCUT2D eigenvalue weighted by Gasteiger charge is -2.35. The van der Waals surface area contributed by atoms with E-state index in [1.807, 2.05) is 37.3 Å². The lowest BCUT2D eigenvalue weighted by Crippen LogP contribution is -2.50. The first-order chi connectivity index (χ1) is 14.1. The molecule has 30 heavy (non-hydrogen) atoms. The van der Waals surface area contributed by atoms with Crippen LogP contribution in [0.25, 0.3) is 0 Å². The van der Waals surface area contributed by atoms with Gasteiger partial charge in [0.1, 0.15) is 0 Å². The van der Waals surface area contributed by atoms with Gasteiger partial charge in [-0.1, -0.05) is 49.4 Å².